The Morgan fingerprint density at radius 2 is 2.11 bits per heavy atom. The third kappa shape index (κ3) is 3.49. The summed E-state index contributed by atoms with van der Waals surface area (Å²) in [5, 5.41) is 0.697. The van der Waals surface area contributed by atoms with Crippen molar-refractivity contribution in [2.45, 2.75) is 10.6 Å². The maximum Gasteiger partial charge on any atom is 0.339 e. The monoisotopic (exact) mass is 293 g/mol. The highest BCUT2D eigenvalue weighted by Crippen LogP contribution is 2.29. The average molecular weight is 294 g/mol. The van der Waals surface area contributed by atoms with Crippen LogP contribution in [-0.4, -0.2) is 18.1 Å². The van der Waals surface area contributed by atoms with Crippen LogP contribution < -0.4 is 0 Å². The second kappa shape index (κ2) is 6.59. The van der Waals surface area contributed by atoms with Crippen molar-refractivity contribution in [3.63, 3.8) is 0 Å². The van der Waals surface area contributed by atoms with E-state index in [1.165, 1.54) is 18.9 Å². The highest BCUT2D eigenvalue weighted by atomic mass is 35.5. The van der Waals surface area contributed by atoms with Gasteiger partial charge in [0.25, 0.3) is 0 Å². The molecule has 0 fully saturated rings. The number of hydrogen-bond acceptors (Lipinski definition) is 4. The molecule has 1 aromatic heterocycles. The standard InChI is InChI=1S/C14H12ClNO2S/c1-18-14(17)10-5-4-8-16-12(10)9-19-13-7-3-2-6-11(13)15/h2-8H,9H2,1H3. The number of esters is 1. The van der Waals surface area contributed by atoms with Gasteiger partial charge >= 0.3 is 5.97 Å². The van der Waals surface area contributed by atoms with Crippen molar-refractivity contribution in [1.82, 2.24) is 4.98 Å². The van der Waals surface area contributed by atoms with Crippen LogP contribution in [0.4, 0.5) is 0 Å². The smallest absolute Gasteiger partial charge is 0.339 e. The van der Waals surface area contributed by atoms with Crippen LogP contribution in [0.25, 0.3) is 0 Å². The summed E-state index contributed by atoms with van der Waals surface area (Å²) in [7, 11) is 1.36. The Hall–Kier alpha value is -1.52. The molecular formula is C14H12ClNO2S. The molecule has 0 amide bonds. The number of carbonyl (C=O) groups is 1. The predicted octanol–water partition coefficient (Wildman–Crippen LogP) is 3.81. The van der Waals surface area contributed by atoms with Crippen LogP contribution in [-0.2, 0) is 10.5 Å². The highest BCUT2D eigenvalue weighted by Gasteiger charge is 2.12. The summed E-state index contributed by atoms with van der Waals surface area (Å²) in [6.45, 7) is 0. The molecule has 1 heterocycles. The Bertz CT molecular complexity index is 589. The third-order valence-corrected chi connectivity index (χ3v) is 4.02. The third-order valence-electron chi connectivity index (χ3n) is 2.50. The fourth-order valence-electron chi connectivity index (χ4n) is 1.56. The molecule has 98 valence electrons. The molecule has 2 aromatic rings. The summed E-state index contributed by atoms with van der Waals surface area (Å²) in [4.78, 5) is 16.8. The van der Waals surface area contributed by atoms with Gasteiger partial charge in [0.05, 0.1) is 23.4 Å². The molecule has 19 heavy (non-hydrogen) atoms. The quantitative estimate of drug-likeness (QED) is 0.635. The van der Waals surface area contributed by atoms with Gasteiger partial charge in [-0.15, -0.1) is 11.8 Å². The fourth-order valence-corrected chi connectivity index (χ4v) is 2.76. The molecule has 0 unspecified atom stereocenters. The van der Waals surface area contributed by atoms with Crippen LogP contribution in [0.1, 0.15) is 16.1 Å². The molecule has 3 nitrogen and oxygen atoms in total. The fraction of sp³-hybridized carbons (Fsp3) is 0.143. The first kappa shape index (κ1) is 13.9. The first-order chi connectivity index (χ1) is 9.22. The van der Waals surface area contributed by atoms with E-state index in [0.29, 0.717) is 22.0 Å². The zero-order chi connectivity index (χ0) is 13.7. The van der Waals surface area contributed by atoms with E-state index >= 15 is 0 Å². The highest BCUT2D eigenvalue weighted by molar-refractivity contribution is 7.98. The zero-order valence-corrected chi connectivity index (χ0v) is 11.9. The number of benzene rings is 1. The number of thioether (sulfide) groups is 1. The molecule has 5 heteroatoms. The Kier molecular flexibility index (Phi) is 4.82. The average Bonchev–Trinajstić information content (AvgIpc) is 2.46. The van der Waals surface area contributed by atoms with Gasteiger partial charge < -0.3 is 4.74 Å². The minimum atomic E-state index is -0.372. The van der Waals surface area contributed by atoms with Gasteiger partial charge in [-0.2, -0.15) is 0 Å². The van der Waals surface area contributed by atoms with Crippen molar-refractivity contribution >= 4 is 29.3 Å². The van der Waals surface area contributed by atoms with E-state index in [0.717, 1.165) is 4.90 Å². The number of rotatable bonds is 4. The lowest BCUT2D eigenvalue weighted by molar-refractivity contribution is 0.0599. The molecule has 0 saturated carbocycles. The minimum Gasteiger partial charge on any atom is -0.465 e. The Balaban J connectivity index is 2.16. The maximum atomic E-state index is 11.6. The molecule has 0 aliphatic carbocycles. The van der Waals surface area contributed by atoms with Crippen molar-refractivity contribution in [2.24, 2.45) is 0 Å². The molecule has 2 rings (SSSR count). The number of carbonyl (C=O) groups excluding carboxylic acids is 1. The number of ether oxygens (including phenoxy) is 1. The van der Waals surface area contributed by atoms with E-state index in [1.54, 1.807) is 18.3 Å². The normalized spacial score (nSPS) is 10.2. The summed E-state index contributed by atoms with van der Waals surface area (Å²) in [5.74, 6) is 0.192. The second-order valence-corrected chi connectivity index (χ2v) is 5.13. The van der Waals surface area contributed by atoms with Gasteiger partial charge in [0.2, 0.25) is 0 Å². The van der Waals surface area contributed by atoms with Crippen LogP contribution in [0, 0.1) is 0 Å². The number of halogens is 1. The molecule has 0 aliphatic rings. The van der Waals surface area contributed by atoms with Gasteiger partial charge in [-0.1, -0.05) is 23.7 Å². The van der Waals surface area contributed by atoms with Crippen LogP contribution in [0.2, 0.25) is 5.02 Å². The minimum absolute atomic E-state index is 0.372. The Morgan fingerprint density at radius 3 is 2.84 bits per heavy atom. The van der Waals surface area contributed by atoms with Crippen molar-refractivity contribution in [2.75, 3.05) is 7.11 Å². The van der Waals surface area contributed by atoms with Crippen molar-refractivity contribution in [1.29, 1.82) is 0 Å². The molecule has 0 radical (unpaired) electrons. The molecule has 0 spiro atoms. The number of aromatic nitrogens is 1. The number of methoxy groups -OCH3 is 1. The predicted molar refractivity (Wildman–Crippen MR) is 76.6 cm³/mol. The van der Waals surface area contributed by atoms with E-state index in [2.05, 4.69) is 4.98 Å². The van der Waals surface area contributed by atoms with Crippen molar-refractivity contribution in [3.05, 3.63) is 58.9 Å². The summed E-state index contributed by atoms with van der Waals surface area (Å²) >= 11 is 7.63. The summed E-state index contributed by atoms with van der Waals surface area (Å²) in [6, 6.07) is 11.0. The Labute approximate surface area is 121 Å². The molecule has 0 atom stereocenters. The summed E-state index contributed by atoms with van der Waals surface area (Å²) in [6.07, 6.45) is 1.66. The van der Waals surface area contributed by atoms with E-state index in [-0.39, 0.29) is 5.97 Å². The van der Waals surface area contributed by atoms with E-state index in [9.17, 15) is 4.79 Å². The second-order valence-electron chi connectivity index (χ2n) is 3.71. The molecular weight excluding hydrogens is 282 g/mol. The maximum absolute atomic E-state index is 11.6. The zero-order valence-electron chi connectivity index (χ0n) is 10.3. The summed E-state index contributed by atoms with van der Waals surface area (Å²) < 4.78 is 4.74. The molecule has 1 aromatic carbocycles. The lowest BCUT2D eigenvalue weighted by Crippen LogP contribution is -2.06. The first-order valence-electron chi connectivity index (χ1n) is 5.62. The van der Waals surface area contributed by atoms with Crippen molar-refractivity contribution < 1.29 is 9.53 Å². The van der Waals surface area contributed by atoms with Gasteiger partial charge in [0.15, 0.2) is 0 Å². The molecule has 0 N–H and O–H groups in total. The number of hydrogen-bond donors (Lipinski definition) is 0. The van der Waals surface area contributed by atoms with E-state index in [1.807, 2.05) is 24.3 Å². The lowest BCUT2D eigenvalue weighted by atomic mass is 10.2. The largest absolute Gasteiger partial charge is 0.465 e. The number of pyridine rings is 1. The van der Waals surface area contributed by atoms with Crippen LogP contribution in [0.15, 0.2) is 47.5 Å². The topological polar surface area (TPSA) is 39.2 Å². The molecule has 0 saturated heterocycles. The Morgan fingerprint density at radius 1 is 1.32 bits per heavy atom. The van der Waals surface area contributed by atoms with E-state index < -0.39 is 0 Å². The van der Waals surface area contributed by atoms with Gasteiger partial charge in [-0.05, 0) is 24.3 Å². The van der Waals surface area contributed by atoms with Gasteiger partial charge in [-0.25, -0.2) is 4.79 Å². The van der Waals surface area contributed by atoms with Gasteiger partial charge in [0, 0.05) is 16.8 Å². The van der Waals surface area contributed by atoms with Gasteiger partial charge in [0.1, 0.15) is 0 Å². The summed E-state index contributed by atoms with van der Waals surface area (Å²) in [5.41, 5.74) is 1.18. The SMILES string of the molecule is COC(=O)c1cccnc1CSc1ccccc1Cl. The first-order valence-corrected chi connectivity index (χ1v) is 6.98. The van der Waals surface area contributed by atoms with Crippen molar-refractivity contribution in [3.8, 4) is 0 Å². The number of nitrogens with zero attached hydrogens (tertiary/aromatic N) is 1. The van der Waals surface area contributed by atoms with Crippen LogP contribution >= 0.6 is 23.4 Å². The molecule has 0 aliphatic heterocycles. The lowest BCUT2D eigenvalue weighted by Gasteiger charge is -2.07. The van der Waals surface area contributed by atoms with Crippen LogP contribution in [0.3, 0.4) is 0 Å². The van der Waals surface area contributed by atoms with Crippen LogP contribution in [0.5, 0.6) is 0 Å². The molecule has 0 bridgehead atoms. The van der Waals surface area contributed by atoms with Gasteiger partial charge in [-0.3, -0.25) is 4.98 Å². The van der Waals surface area contributed by atoms with E-state index in [4.69, 9.17) is 16.3 Å².